The monoisotopic (exact) mass is 562 g/mol. The molecule has 0 radical (unpaired) electrons. The second-order valence-corrected chi connectivity index (χ2v) is 11.9. The van der Waals surface area contributed by atoms with E-state index in [1.807, 2.05) is 13.8 Å². The molecule has 1 fully saturated rings. The molecule has 37 heavy (non-hydrogen) atoms. The first-order valence-electron chi connectivity index (χ1n) is 11.9. The number of nitrogens with zero attached hydrogens (tertiary/aromatic N) is 4. The van der Waals surface area contributed by atoms with Crippen LogP contribution in [0.3, 0.4) is 0 Å². The molecule has 0 unspecified atom stereocenters. The molecule has 1 amide bonds. The highest BCUT2D eigenvalue weighted by molar-refractivity contribution is 7.99. The van der Waals surface area contributed by atoms with Gasteiger partial charge < -0.3 is 14.4 Å². The summed E-state index contributed by atoms with van der Waals surface area (Å²) in [5, 5.41) is -0.243. The first-order valence-corrected chi connectivity index (χ1v) is 13.2. The van der Waals surface area contributed by atoms with Crippen LogP contribution in [0.4, 0.5) is 23.8 Å². The Morgan fingerprint density at radius 2 is 1.84 bits per heavy atom. The van der Waals surface area contributed by atoms with Crippen LogP contribution in [0.2, 0.25) is 5.02 Å². The Bertz CT molecular complexity index is 1270. The van der Waals surface area contributed by atoms with Crippen LogP contribution in [0.15, 0.2) is 15.8 Å². The summed E-state index contributed by atoms with van der Waals surface area (Å²) in [6.07, 6.45) is -5.16. The predicted octanol–water partition coefficient (Wildman–Crippen LogP) is 5.20. The molecule has 3 atom stereocenters. The highest BCUT2D eigenvalue weighted by Crippen LogP contribution is 2.48. The number of hydrogen-bond acceptors (Lipinski definition) is 7. The lowest BCUT2D eigenvalue weighted by atomic mass is 10.1. The van der Waals surface area contributed by atoms with Crippen LogP contribution in [0, 0.1) is 0 Å². The summed E-state index contributed by atoms with van der Waals surface area (Å²) in [5.74, 6) is 0.460. The molecule has 4 rings (SSSR count). The van der Waals surface area contributed by atoms with Crippen molar-refractivity contribution in [2.75, 3.05) is 37.5 Å². The van der Waals surface area contributed by atoms with Crippen LogP contribution in [0.5, 0.6) is 0 Å². The van der Waals surface area contributed by atoms with Gasteiger partial charge in [0.15, 0.2) is 0 Å². The van der Waals surface area contributed by atoms with Crippen LogP contribution in [-0.4, -0.2) is 70.8 Å². The number of amides is 1. The van der Waals surface area contributed by atoms with E-state index in [1.165, 1.54) is 23.4 Å². The maximum absolute atomic E-state index is 14.0. The molecule has 2 aliphatic heterocycles. The average molecular weight is 563 g/mol. The molecule has 0 aliphatic carbocycles. The minimum atomic E-state index is -4.69. The zero-order chi connectivity index (χ0) is 27.4. The lowest BCUT2D eigenvalue weighted by Gasteiger charge is -2.45. The van der Waals surface area contributed by atoms with Gasteiger partial charge in [-0.2, -0.15) is 18.2 Å². The van der Waals surface area contributed by atoms with E-state index in [4.69, 9.17) is 21.1 Å². The summed E-state index contributed by atoms with van der Waals surface area (Å²) < 4.78 is 54.2. The second kappa shape index (κ2) is 9.85. The van der Waals surface area contributed by atoms with Crippen molar-refractivity contribution in [2.24, 2.45) is 0 Å². The van der Waals surface area contributed by atoms with Gasteiger partial charge in [0.2, 0.25) is 0 Å². The van der Waals surface area contributed by atoms with Crippen LogP contribution >= 0.6 is 23.4 Å². The molecule has 1 saturated heterocycles. The van der Waals surface area contributed by atoms with E-state index in [0.29, 0.717) is 11.3 Å². The van der Waals surface area contributed by atoms with Crippen molar-refractivity contribution in [3.05, 3.63) is 27.1 Å². The third-order valence-corrected chi connectivity index (χ3v) is 8.10. The Morgan fingerprint density at radius 1 is 1.22 bits per heavy atom. The van der Waals surface area contributed by atoms with Crippen LogP contribution < -0.4 is 10.6 Å². The molecule has 0 spiro atoms. The van der Waals surface area contributed by atoms with Gasteiger partial charge in [-0.1, -0.05) is 11.6 Å². The van der Waals surface area contributed by atoms with Gasteiger partial charge in [-0.05, 0) is 40.7 Å². The molecule has 2 aromatic rings. The zero-order valence-electron chi connectivity index (χ0n) is 21.5. The molecular formula is C24H30ClF3N4O4S. The van der Waals surface area contributed by atoms with Crippen molar-refractivity contribution in [3.8, 4) is 0 Å². The van der Waals surface area contributed by atoms with Crippen LogP contribution in [-0.2, 0) is 15.7 Å². The molecular weight excluding hydrogens is 533 g/mol. The quantitative estimate of drug-likeness (QED) is 0.509. The third kappa shape index (κ3) is 5.24. The summed E-state index contributed by atoms with van der Waals surface area (Å²) in [4.78, 5) is 34.0. The SMILES string of the molecule is COC[C@H]1CSc2c(Cl)c(C(F)(F)F)cc3c(N4C[C@@H](C)N(C(=O)OC(C)(C)C)[C@H](C)C4)nc(=O)n1c23. The predicted molar refractivity (Wildman–Crippen MR) is 137 cm³/mol. The number of hydrogen-bond donors (Lipinski definition) is 0. The Morgan fingerprint density at radius 3 is 2.38 bits per heavy atom. The fourth-order valence-corrected chi connectivity index (χ4v) is 6.59. The molecule has 0 N–H and O–H groups in total. The van der Waals surface area contributed by atoms with E-state index < -0.39 is 40.2 Å². The first-order chi connectivity index (χ1) is 17.1. The Kier molecular flexibility index (Phi) is 7.41. The number of ether oxygens (including phenoxy) is 2. The summed E-state index contributed by atoms with van der Waals surface area (Å²) >= 11 is 7.44. The Balaban J connectivity index is 1.85. The number of piperazine rings is 1. The van der Waals surface area contributed by atoms with E-state index in [9.17, 15) is 22.8 Å². The maximum atomic E-state index is 14.0. The maximum Gasteiger partial charge on any atom is 0.417 e. The van der Waals surface area contributed by atoms with Crippen molar-refractivity contribution < 1.29 is 27.4 Å². The number of thioether (sulfide) groups is 1. The number of aromatic nitrogens is 2. The number of methoxy groups -OCH3 is 1. The Labute approximate surface area is 222 Å². The van der Waals surface area contributed by atoms with E-state index in [2.05, 4.69) is 4.98 Å². The second-order valence-electron chi connectivity index (χ2n) is 10.5. The lowest BCUT2D eigenvalue weighted by molar-refractivity contribution is -0.137. The van der Waals surface area contributed by atoms with E-state index in [1.54, 1.807) is 30.6 Å². The number of halogens is 4. The van der Waals surface area contributed by atoms with Gasteiger partial charge in [-0.25, -0.2) is 9.59 Å². The normalized spacial score (nSPS) is 22.5. The van der Waals surface area contributed by atoms with E-state index in [0.717, 1.165) is 6.07 Å². The fourth-order valence-electron chi connectivity index (χ4n) is 4.99. The summed E-state index contributed by atoms with van der Waals surface area (Å²) in [5.41, 5.74) is -1.92. The molecule has 2 aliphatic rings. The standard InChI is InChI=1S/C24H30ClF3N4O4S/c1-12-8-30(9-13(2)31(12)22(34)36-23(3,4)5)20-15-7-16(24(26,27)28)17(25)19-18(15)32(21(33)29-20)14(10-35-6)11-37-19/h7,12-14H,8-11H2,1-6H3/t12-,13-,14+/m1/s1. The number of alkyl halides is 3. The van der Waals surface area contributed by atoms with Gasteiger partial charge in [0.05, 0.1) is 45.7 Å². The third-order valence-electron chi connectivity index (χ3n) is 6.36. The first kappa shape index (κ1) is 27.8. The molecule has 0 bridgehead atoms. The van der Waals surface area contributed by atoms with Crippen LogP contribution in [0.1, 0.15) is 46.2 Å². The topological polar surface area (TPSA) is 76.9 Å². The Hall–Kier alpha value is -2.18. The van der Waals surface area contributed by atoms with Gasteiger partial charge >= 0.3 is 18.0 Å². The number of benzene rings is 1. The summed E-state index contributed by atoms with van der Waals surface area (Å²) in [6, 6.07) is -0.135. The van der Waals surface area contributed by atoms with Crippen molar-refractivity contribution >= 4 is 46.2 Å². The van der Waals surface area contributed by atoms with Gasteiger partial charge in [-0.3, -0.25) is 9.47 Å². The highest BCUT2D eigenvalue weighted by atomic mass is 35.5. The molecule has 8 nitrogen and oxygen atoms in total. The molecule has 1 aromatic heterocycles. The van der Waals surface area contributed by atoms with Crippen molar-refractivity contribution in [3.63, 3.8) is 0 Å². The molecule has 204 valence electrons. The van der Waals surface area contributed by atoms with Gasteiger partial charge in [0, 0.05) is 31.3 Å². The average Bonchev–Trinajstić information content (AvgIpc) is 2.75. The largest absolute Gasteiger partial charge is 0.444 e. The summed E-state index contributed by atoms with van der Waals surface area (Å²) in [7, 11) is 1.50. The molecule has 0 saturated carbocycles. The minimum absolute atomic E-state index is 0.140. The molecule has 1 aromatic carbocycles. The molecule has 13 heteroatoms. The van der Waals surface area contributed by atoms with Crippen LogP contribution in [0.25, 0.3) is 10.9 Å². The number of rotatable bonds is 3. The van der Waals surface area contributed by atoms with Crippen molar-refractivity contribution in [1.82, 2.24) is 14.5 Å². The number of anilines is 1. The zero-order valence-corrected chi connectivity index (χ0v) is 23.1. The lowest BCUT2D eigenvalue weighted by Crippen LogP contribution is -2.60. The minimum Gasteiger partial charge on any atom is -0.444 e. The highest BCUT2D eigenvalue weighted by Gasteiger charge is 2.40. The van der Waals surface area contributed by atoms with Gasteiger partial charge in [0.25, 0.3) is 0 Å². The fraction of sp³-hybridized carbons (Fsp3) is 0.625. The van der Waals surface area contributed by atoms with E-state index in [-0.39, 0.29) is 47.9 Å². The smallest absolute Gasteiger partial charge is 0.417 e. The van der Waals surface area contributed by atoms with Crippen molar-refractivity contribution in [2.45, 2.75) is 69.4 Å². The van der Waals surface area contributed by atoms with Gasteiger partial charge in [-0.15, -0.1) is 11.8 Å². The number of carbonyl (C=O) groups is 1. The van der Waals surface area contributed by atoms with Gasteiger partial charge in [0.1, 0.15) is 11.4 Å². The summed E-state index contributed by atoms with van der Waals surface area (Å²) in [6.45, 7) is 9.69. The van der Waals surface area contributed by atoms with E-state index >= 15 is 0 Å². The van der Waals surface area contributed by atoms with Crippen molar-refractivity contribution in [1.29, 1.82) is 0 Å². The molecule has 3 heterocycles. The number of carbonyl (C=O) groups excluding carboxylic acids is 1.